The predicted molar refractivity (Wildman–Crippen MR) is 82.9 cm³/mol. The van der Waals surface area contributed by atoms with Gasteiger partial charge >= 0.3 is 0 Å². The number of rotatable bonds is 6. The van der Waals surface area contributed by atoms with Crippen LogP contribution in [0.4, 0.5) is 4.39 Å². The van der Waals surface area contributed by atoms with Crippen molar-refractivity contribution < 1.29 is 9.18 Å². The van der Waals surface area contributed by atoms with Crippen LogP contribution in [0.5, 0.6) is 0 Å². The van der Waals surface area contributed by atoms with Gasteiger partial charge in [-0.3, -0.25) is 4.79 Å². The molecule has 0 radical (unpaired) electrons. The fourth-order valence-corrected chi connectivity index (χ4v) is 2.53. The van der Waals surface area contributed by atoms with Gasteiger partial charge in [-0.2, -0.15) is 0 Å². The van der Waals surface area contributed by atoms with Crippen LogP contribution in [0.25, 0.3) is 0 Å². The van der Waals surface area contributed by atoms with Crippen LogP contribution in [0.1, 0.15) is 23.2 Å². The topological polar surface area (TPSA) is 46.9 Å². The molecule has 2 aromatic rings. The van der Waals surface area contributed by atoms with E-state index in [1.165, 1.54) is 18.2 Å². The summed E-state index contributed by atoms with van der Waals surface area (Å²) in [7, 11) is 0. The Kier molecular flexibility index (Phi) is 5.51. The van der Waals surface area contributed by atoms with Gasteiger partial charge in [-0.15, -0.1) is 0 Å². The van der Waals surface area contributed by atoms with Crippen molar-refractivity contribution in [2.24, 2.45) is 0 Å². The summed E-state index contributed by atoms with van der Waals surface area (Å²) in [4.78, 5) is 15.9. The Bertz CT molecular complexity index is 572. The minimum absolute atomic E-state index is 0.156. The molecule has 20 heavy (non-hydrogen) atoms. The van der Waals surface area contributed by atoms with Crippen molar-refractivity contribution in [3.63, 3.8) is 0 Å². The molecule has 1 aromatic heterocycles. The number of imidazole rings is 1. The maximum absolute atomic E-state index is 13.0. The molecule has 0 aliphatic rings. The number of amides is 1. The van der Waals surface area contributed by atoms with E-state index in [0.29, 0.717) is 15.7 Å². The smallest absolute Gasteiger partial charge is 0.252 e. The fraction of sp³-hybridized carbons (Fsp3) is 0.286. The molecule has 106 valence electrons. The third-order valence-electron chi connectivity index (χ3n) is 2.86. The summed E-state index contributed by atoms with van der Waals surface area (Å²) in [5.41, 5.74) is 0.515. The molecule has 2 rings (SSSR count). The summed E-state index contributed by atoms with van der Waals surface area (Å²) in [5, 5.41) is 2.85. The number of nitrogens with one attached hydrogen (secondary N) is 1. The highest BCUT2D eigenvalue weighted by molar-refractivity contribution is 14.1. The molecular formula is C14H15FIN3O. The molecule has 0 aliphatic carbocycles. The molecule has 0 spiro atoms. The monoisotopic (exact) mass is 387 g/mol. The van der Waals surface area contributed by atoms with Gasteiger partial charge in [0.15, 0.2) is 0 Å². The summed E-state index contributed by atoms with van der Waals surface area (Å²) < 4.78 is 15.6. The molecule has 0 atom stereocenters. The van der Waals surface area contributed by atoms with Gasteiger partial charge in [0.25, 0.3) is 5.91 Å². The second kappa shape index (κ2) is 7.37. The van der Waals surface area contributed by atoms with Crippen molar-refractivity contribution >= 4 is 28.5 Å². The van der Waals surface area contributed by atoms with Crippen molar-refractivity contribution in [1.82, 2.24) is 14.9 Å². The number of unbranched alkanes of at least 4 members (excludes halogenated alkanes) is 1. The Labute approximate surface area is 130 Å². The van der Waals surface area contributed by atoms with E-state index in [9.17, 15) is 9.18 Å². The lowest BCUT2D eigenvalue weighted by Crippen LogP contribution is -2.25. The van der Waals surface area contributed by atoms with Gasteiger partial charge in [0.2, 0.25) is 0 Å². The second-order valence-corrected chi connectivity index (χ2v) is 5.55. The third-order valence-corrected chi connectivity index (χ3v) is 3.76. The number of aromatic nitrogens is 2. The van der Waals surface area contributed by atoms with E-state index in [0.717, 1.165) is 19.4 Å². The van der Waals surface area contributed by atoms with Crippen LogP contribution in [-0.4, -0.2) is 22.0 Å². The molecule has 0 bridgehead atoms. The number of benzene rings is 1. The van der Waals surface area contributed by atoms with Crippen LogP contribution >= 0.6 is 22.6 Å². The molecule has 0 unspecified atom stereocenters. The lowest BCUT2D eigenvalue weighted by Gasteiger charge is -2.07. The third kappa shape index (κ3) is 4.29. The molecule has 0 aliphatic heterocycles. The minimum Gasteiger partial charge on any atom is -0.352 e. The number of carbonyl (C=O) groups excluding carboxylic acids is 1. The Hall–Kier alpha value is -1.44. The normalized spacial score (nSPS) is 10.5. The number of aryl methyl sites for hydroxylation is 1. The average molecular weight is 387 g/mol. The first-order chi connectivity index (χ1) is 9.66. The first-order valence-electron chi connectivity index (χ1n) is 6.36. The fourth-order valence-electron chi connectivity index (χ4n) is 1.81. The maximum atomic E-state index is 13.0. The molecule has 0 saturated carbocycles. The quantitative estimate of drug-likeness (QED) is 0.612. The van der Waals surface area contributed by atoms with Crippen LogP contribution in [-0.2, 0) is 6.54 Å². The lowest BCUT2D eigenvalue weighted by molar-refractivity contribution is 0.0952. The van der Waals surface area contributed by atoms with Gasteiger partial charge < -0.3 is 9.88 Å². The molecule has 1 heterocycles. The Balaban J connectivity index is 1.72. The van der Waals surface area contributed by atoms with Crippen molar-refractivity contribution in [3.05, 3.63) is 51.9 Å². The largest absolute Gasteiger partial charge is 0.352 e. The summed E-state index contributed by atoms with van der Waals surface area (Å²) in [6.07, 6.45) is 7.30. The number of nitrogens with zero attached hydrogens (tertiary/aromatic N) is 2. The van der Waals surface area contributed by atoms with Crippen molar-refractivity contribution in [3.8, 4) is 0 Å². The van der Waals surface area contributed by atoms with E-state index in [2.05, 4.69) is 10.3 Å². The highest BCUT2D eigenvalue weighted by Crippen LogP contribution is 2.13. The zero-order valence-electron chi connectivity index (χ0n) is 10.9. The van der Waals surface area contributed by atoms with Gasteiger partial charge in [-0.25, -0.2) is 9.37 Å². The minimum atomic E-state index is -0.328. The zero-order valence-corrected chi connectivity index (χ0v) is 13.0. The predicted octanol–water partition coefficient (Wildman–Crippen LogP) is 2.84. The van der Waals surface area contributed by atoms with Gasteiger partial charge in [0, 0.05) is 29.1 Å². The molecular weight excluding hydrogens is 372 g/mol. The summed E-state index contributed by atoms with van der Waals surface area (Å²) >= 11 is 1.97. The Morgan fingerprint density at radius 1 is 1.40 bits per heavy atom. The highest BCUT2D eigenvalue weighted by atomic mass is 127. The molecule has 0 saturated heterocycles. The number of carbonyl (C=O) groups is 1. The summed E-state index contributed by atoms with van der Waals surface area (Å²) in [6.45, 7) is 1.50. The number of halogens is 2. The first kappa shape index (κ1) is 15.0. The maximum Gasteiger partial charge on any atom is 0.252 e. The molecule has 4 nitrogen and oxygen atoms in total. The molecule has 1 amide bonds. The first-order valence-corrected chi connectivity index (χ1v) is 7.43. The van der Waals surface area contributed by atoms with E-state index in [4.69, 9.17) is 0 Å². The van der Waals surface area contributed by atoms with E-state index < -0.39 is 0 Å². The van der Waals surface area contributed by atoms with Crippen LogP contribution in [0.3, 0.4) is 0 Å². The molecule has 0 fully saturated rings. The zero-order chi connectivity index (χ0) is 14.4. The van der Waals surface area contributed by atoms with Gasteiger partial charge in [-0.1, -0.05) is 0 Å². The van der Waals surface area contributed by atoms with E-state index in [1.807, 2.05) is 33.4 Å². The Morgan fingerprint density at radius 2 is 2.25 bits per heavy atom. The van der Waals surface area contributed by atoms with Gasteiger partial charge in [0.05, 0.1) is 11.9 Å². The van der Waals surface area contributed by atoms with E-state index in [1.54, 1.807) is 12.5 Å². The number of hydrogen-bond donors (Lipinski definition) is 1. The highest BCUT2D eigenvalue weighted by Gasteiger charge is 2.09. The van der Waals surface area contributed by atoms with E-state index in [-0.39, 0.29) is 11.7 Å². The van der Waals surface area contributed by atoms with Crippen LogP contribution in [0.15, 0.2) is 36.9 Å². The van der Waals surface area contributed by atoms with Gasteiger partial charge in [0.1, 0.15) is 5.82 Å². The average Bonchev–Trinajstić information content (AvgIpc) is 2.91. The lowest BCUT2D eigenvalue weighted by atomic mass is 10.2. The van der Waals surface area contributed by atoms with Crippen LogP contribution in [0.2, 0.25) is 0 Å². The summed E-state index contributed by atoms with van der Waals surface area (Å²) in [5.74, 6) is -0.483. The van der Waals surface area contributed by atoms with Crippen LogP contribution in [0, 0.1) is 9.39 Å². The van der Waals surface area contributed by atoms with Crippen molar-refractivity contribution in [1.29, 1.82) is 0 Å². The van der Waals surface area contributed by atoms with Gasteiger partial charge in [-0.05, 0) is 53.6 Å². The van der Waals surface area contributed by atoms with Crippen molar-refractivity contribution in [2.75, 3.05) is 6.54 Å². The van der Waals surface area contributed by atoms with E-state index >= 15 is 0 Å². The molecule has 1 N–H and O–H groups in total. The van der Waals surface area contributed by atoms with Crippen molar-refractivity contribution in [2.45, 2.75) is 19.4 Å². The second-order valence-electron chi connectivity index (χ2n) is 4.39. The molecule has 6 heteroatoms. The molecule has 1 aromatic carbocycles. The van der Waals surface area contributed by atoms with Crippen LogP contribution < -0.4 is 5.32 Å². The SMILES string of the molecule is O=C(NCCCCn1ccnc1)c1ccc(F)cc1I. The Morgan fingerprint density at radius 3 is 2.95 bits per heavy atom. The summed E-state index contributed by atoms with van der Waals surface area (Å²) in [6, 6.07) is 4.17. The number of hydrogen-bond acceptors (Lipinski definition) is 2. The standard InChI is InChI=1S/C14H15FIN3O/c15-11-3-4-12(13(16)9-11)14(20)18-5-1-2-7-19-8-6-17-10-19/h3-4,6,8-10H,1-2,5,7H2,(H,18,20).